The minimum absolute atomic E-state index is 0. The molecule has 0 aromatic heterocycles. The number of halogens is 2. The Kier molecular flexibility index (Phi) is 24.4. The summed E-state index contributed by atoms with van der Waals surface area (Å²) in [5, 5.41) is 37.2. The van der Waals surface area contributed by atoms with Crippen LogP contribution in [0.2, 0.25) is 0 Å². The number of carboxylic acid groups (broad SMARTS) is 1. The number of unbranched alkanes of at least 4 members (excludes halogenated alkanes) is 6. The molecule has 15 heteroatoms. The maximum Gasteiger partial charge on any atom is 0.338 e. The molecule has 4 fully saturated rings. The van der Waals surface area contributed by atoms with Crippen molar-refractivity contribution in [2.75, 3.05) is 45.0 Å². The van der Waals surface area contributed by atoms with Crippen LogP contribution >= 0.6 is 23.2 Å². The SMILES string of the molecule is C.CCCCCCOc1ccc(-c2ccc(C(=O)O)cc2)cc1.CCCCCCOc1ccc(-c2ccc(C(=O)O[C@@H]3CO[C@H]4[C@@H]3OC[C@@H]4O)cc2)cc1.ClCCl.O[C@@H]1CO[C@H]2[C@@H]1OC[C@@H]2O. The summed E-state index contributed by atoms with van der Waals surface area (Å²) in [7, 11) is 0. The minimum atomic E-state index is -0.904. The Morgan fingerprint density at radius 3 is 1.25 bits per heavy atom. The van der Waals surface area contributed by atoms with E-state index < -0.39 is 48.6 Å². The van der Waals surface area contributed by atoms with Gasteiger partial charge < -0.3 is 53.6 Å². The zero-order chi connectivity index (χ0) is 47.3. The molecule has 4 aromatic carbocycles. The number of aromatic carboxylic acids is 1. The third-order valence-electron chi connectivity index (χ3n) is 11.4. The van der Waals surface area contributed by atoms with Crippen molar-refractivity contribution in [3.05, 3.63) is 108 Å². The lowest BCUT2D eigenvalue weighted by atomic mass is 10.0. The first-order valence-corrected chi connectivity index (χ1v) is 23.9. The third kappa shape index (κ3) is 17.0. The highest BCUT2D eigenvalue weighted by atomic mass is 35.5. The smallest absolute Gasteiger partial charge is 0.338 e. The van der Waals surface area contributed by atoms with E-state index in [1.165, 1.54) is 38.5 Å². The molecule has 67 heavy (non-hydrogen) atoms. The van der Waals surface area contributed by atoms with E-state index in [4.69, 9.17) is 71.7 Å². The first-order valence-electron chi connectivity index (χ1n) is 22.8. The van der Waals surface area contributed by atoms with Gasteiger partial charge in [-0.1, -0.05) is 108 Å². The van der Waals surface area contributed by atoms with Crippen LogP contribution in [0.25, 0.3) is 22.3 Å². The van der Waals surface area contributed by atoms with Gasteiger partial charge in [-0.25, -0.2) is 9.59 Å². The molecule has 4 aliphatic rings. The molecule has 0 bridgehead atoms. The van der Waals surface area contributed by atoms with Crippen LogP contribution in [-0.2, 0) is 23.7 Å². The Labute approximate surface area is 405 Å². The third-order valence-corrected chi connectivity index (χ3v) is 11.4. The van der Waals surface area contributed by atoms with Crippen LogP contribution in [0.5, 0.6) is 11.5 Å². The van der Waals surface area contributed by atoms with Gasteiger partial charge in [0.2, 0.25) is 0 Å². The van der Waals surface area contributed by atoms with E-state index >= 15 is 0 Å². The van der Waals surface area contributed by atoms with Crippen molar-refractivity contribution in [3.63, 3.8) is 0 Å². The van der Waals surface area contributed by atoms with Gasteiger partial charge in [-0.2, -0.15) is 0 Å². The van der Waals surface area contributed by atoms with Gasteiger partial charge in [0.05, 0.1) is 56.1 Å². The summed E-state index contributed by atoms with van der Waals surface area (Å²) >= 11 is 9.53. The van der Waals surface area contributed by atoms with Crippen molar-refractivity contribution in [2.45, 2.75) is 121 Å². The van der Waals surface area contributed by atoms with Crippen molar-refractivity contribution in [1.82, 2.24) is 0 Å². The molecule has 4 saturated heterocycles. The van der Waals surface area contributed by atoms with Crippen LogP contribution in [0.1, 0.15) is 93.4 Å². The van der Waals surface area contributed by atoms with Gasteiger partial charge >= 0.3 is 11.9 Å². The molecule has 0 radical (unpaired) electrons. The van der Waals surface area contributed by atoms with Crippen LogP contribution in [0.3, 0.4) is 0 Å². The van der Waals surface area contributed by atoms with Crippen LogP contribution in [0, 0.1) is 0 Å². The highest BCUT2D eigenvalue weighted by Gasteiger charge is 2.49. The fraction of sp³-hybridized carbons (Fsp3) is 0.500. The Morgan fingerprint density at radius 1 is 0.522 bits per heavy atom. The molecule has 0 unspecified atom stereocenters. The topological polar surface area (TPSA) is 180 Å². The molecule has 13 nitrogen and oxygen atoms in total. The summed E-state index contributed by atoms with van der Waals surface area (Å²) < 4.78 is 38.2. The van der Waals surface area contributed by atoms with Gasteiger partial charge in [-0.15, -0.1) is 23.2 Å². The lowest BCUT2D eigenvalue weighted by Crippen LogP contribution is -2.34. The van der Waals surface area contributed by atoms with E-state index in [0.717, 1.165) is 59.8 Å². The van der Waals surface area contributed by atoms with E-state index in [9.17, 15) is 14.7 Å². The van der Waals surface area contributed by atoms with Gasteiger partial charge in [0.25, 0.3) is 0 Å². The largest absolute Gasteiger partial charge is 0.494 e. The second-order valence-electron chi connectivity index (χ2n) is 16.3. The highest BCUT2D eigenvalue weighted by Crippen LogP contribution is 2.30. The van der Waals surface area contributed by atoms with Crippen LogP contribution in [0.15, 0.2) is 97.1 Å². The van der Waals surface area contributed by atoms with E-state index in [1.54, 1.807) is 24.3 Å². The van der Waals surface area contributed by atoms with Crippen molar-refractivity contribution >= 4 is 35.1 Å². The Morgan fingerprint density at radius 2 is 0.866 bits per heavy atom. The number of rotatable bonds is 17. The maximum absolute atomic E-state index is 12.5. The minimum Gasteiger partial charge on any atom is -0.494 e. The predicted molar refractivity (Wildman–Crippen MR) is 259 cm³/mol. The molecule has 0 saturated carbocycles. The maximum atomic E-state index is 12.5. The number of benzene rings is 4. The molecule has 4 heterocycles. The summed E-state index contributed by atoms with van der Waals surface area (Å²) in [6.45, 7) is 6.91. The summed E-state index contributed by atoms with van der Waals surface area (Å²) in [4.78, 5) is 23.4. The lowest BCUT2D eigenvalue weighted by molar-refractivity contribution is -0.0209. The molecule has 4 aromatic rings. The Hall–Kier alpha value is -4.28. The molecule has 0 spiro atoms. The standard InChI is InChI=1S/C25H30O6.C19H22O3.C6H10O4.CH2Cl2.CH4/c1-2-3-4-5-14-28-20-12-10-18(11-13-20)17-6-8-19(9-7-17)25(27)31-22-16-30-23-21(26)15-29-24(22)23;1-2-3-4-5-14-22-18-12-10-16(11-13-18)15-6-8-17(9-7-15)19(20)21;7-3-1-9-6-4(8)2-10-5(3)6;2-1-3;/h6-13,21-24,26H,2-5,14-16H2,1H3;6-13H,2-5,14H2,1H3,(H,20,21);3-8H,1-2H2;1H2;1H4/t21-,22+,23+,24+;;3-,4+,5-,6-;;/m0.1../s1. The average Bonchev–Trinajstić information content (AvgIpc) is 4.12. The summed E-state index contributed by atoms with van der Waals surface area (Å²) in [5.41, 5.74) is 4.89. The summed E-state index contributed by atoms with van der Waals surface area (Å²) in [6, 6.07) is 30.1. The number of fused-ring (bicyclic) bond motifs is 2. The van der Waals surface area contributed by atoms with E-state index in [1.807, 2.05) is 72.8 Å². The highest BCUT2D eigenvalue weighted by molar-refractivity contribution is 6.40. The predicted octanol–water partition coefficient (Wildman–Crippen LogP) is 9.57. The first kappa shape index (κ1) is 55.3. The molecule has 368 valence electrons. The van der Waals surface area contributed by atoms with Crippen molar-refractivity contribution in [3.8, 4) is 33.8 Å². The molecular weight excluding hydrogens is 903 g/mol. The first-order chi connectivity index (χ1) is 32.1. The average molecular weight is 972 g/mol. The normalized spacial score (nSPS) is 23.1. The molecule has 8 rings (SSSR count). The van der Waals surface area contributed by atoms with Crippen molar-refractivity contribution in [1.29, 1.82) is 0 Å². The van der Waals surface area contributed by atoms with Gasteiger partial charge in [-0.3, -0.25) is 0 Å². The second-order valence-corrected chi connectivity index (χ2v) is 17.1. The van der Waals surface area contributed by atoms with E-state index in [-0.39, 0.29) is 51.4 Å². The van der Waals surface area contributed by atoms with Crippen LogP contribution in [0.4, 0.5) is 0 Å². The fourth-order valence-corrected chi connectivity index (χ4v) is 7.74. The zero-order valence-electron chi connectivity index (χ0n) is 37.7. The van der Waals surface area contributed by atoms with Crippen molar-refractivity contribution in [2.24, 2.45) is 0 Å². The molecule has 4 aliphatic heterocycles. The van der Waals surface area contributed by atoms with Gasteiger partial charge in [0.1, 0.15) is 54.2 Å². The number of esters is 1. The van der Waals surface area contributed by atoms with Crippen LogP contribution < -0.4 is 9.47 Å². The molecule has 4 N–H and O–H groups in total. The lowest BCUT2D eigenvalue weighted by Gasteiger charge is -2.16. The summed E-state index contributed by atoms with van der Waals surface area (Å²) in [6.07, 6.45) is 5.87. The Bertz CT molecular complexity index is 1980. The van der Waals surface area contributed by atoms with E-state index in [2.05, 4.69) is 13.8 Å². The zero-order valence-corrected chi connectivity index (χ0v) is 39.2. The monoisotopic (exact) mass is 970 g/mol. The number of hydrogen-bond acceptors (Lipinski definition) is 12. The number of carbonyl (C=O) groups is 2. The summed E-state index contributed by atoms with van der Waals surface area (Å²) in [5.74, 6) is 0.426. The number of hydrogen-bond donors (Lipinski definition) is 4. The Balaban J connectivity index is 0.000000235. The number of carboxylic acids is 1. The van der Waals surface area contributed by atoms with Crippen LogP contribution in [-0.4, -0.2) is 126 Å². The van der Waals surface area contributed by atoms with Gasteiger partial charge in [0, 0.05) is 0 Å². The molecule has 0 aliphatic carbocycles. The molecule has 8 atom stereocenters. The molecular formula is C52H68Cl2O13. The number of aliphatic hydroxyl groups is 3. The number of aliphatic hydroxyl groups excluding tert-OH is 3. The van der Waals surface area contributed by atoms with E-state index in [0.29, 0.717) is 11.1 Å². The van der Waals surface area contributed by atoms with Gasteiger partial charge in [0.15, 0.2) is 6.10 Å². The molecule has 0 amide bonds. The second kappa shape index (κ2) is 29.6. The number of ether oxygens (including phenoxy) is 7. The number of alkyl halides is 2. The van der Waals surface area contributed by atoms with Crippen molar-refractivity contribution < 1.29 is 63.2 Å². The number of carbonyl (C=O) groups excluding carboxylic acids is 1. The fourth-order valence-electron chi connectivity index (χ4n) is 7.74. The quantitative estimate of drug-likeness (QED) is 0.0447. The van der Waals surface area contributed by atoms with Gasteiger partial charge in [-0.05, 0) is 83.6 Å².